The van der Waals surface area contributed by atoms with Crippen LogP contribution in [0.5, 0.6) is 0 Å². The Morgan fingerprint density at radius 1 is 1.25 bits per heavy atom. The Labute approximate surface area is 111 Å². The molecule has 0 saturated carbocycles. The molecule has 0 aromatic carbocycles. The van der Waals surface area contributed by atoms with Gasteiger partial charge in [-0.15, -0.1) is 0 Å². The monoisotopic (exact) mass is 323 g/mol. The molecular formula is C10H11F6NO2S. The standard InChI is InChI=1S/C10H11F6NO2S/c1-7(10(14,15)16)2-3-8(6-17)20(18,19)5-4-9(11,12)13/h2,8H,3-5H2,1H3/b7-2+. The van der Waals surface area contributed by atoms with Gasteiger partial charge in [-0.1, -0.05) is 6.08 Å². The quantitative estimate of drug-likeness (QED) is 0.577. The molecule has 0 spiro atoms. The lowest BCUT2D eigenvalue weighted by molar-refractivity contribution is -0.129. The maximum atomic E-state index is 12.2. The molecule has 1 atom stereocenters. The maximum Gasteiger partial charge on any atom is 0.412 e. The van der Waals surface area contributed by atoms with Crippen molar-refractivity contribution in [3.63, 3.8) is 0 Å². The highest BCUT2D eigenvalue weighted by molar-refractivity contribution is 7.92. The van der Waals surface area contributed by atoms with Gasteiger partial charge in [-0.3, -0.25) is 0 Å². The Bertz CT molecular complexity index is 497. The summed E-state index contributed by atoms with van der Waals surface area (Å²) in [6, 6.07) is 1.22. The van der Waals surface area contributed by atoms with Crippen molar-refractivity contribution in [2.75, 3.05) is 5.75 Å². The van der Waals surface area contributed by atoms with Crippen LogP contribution in [-0.2, 0) is 9.84 Å². The van der Waals surface area contributed by atoms with Crippen molar-refractivity contribution in [1.29, 1.82) is 5.26 Å². The first-order valence-electron chi connectivity index (χ1n) is 5.21. The predicted molar refractivity (Wildman–Crippen MR) is 58.3 cm³/mol. The van der Waals surface area contributed by atoms with Gasteiger partial charge in [-0.25, -0.2) is 8.42 Å². The summed E-state index contributed by atoms with van der Waals surface area (Å²) in [4.78, 5) is 0. The summed E-state index contributed by atoms with van der Waals surface area (Å²) in [7, 11) is -4.44. The predicted octanol–water partition coefficient (Wildman–Crippen LogP) is 3.14. The highest BCUT2D eigenvalue weighted by atomic mass is 32.2. The molecule has 0 fully saturated rings. The molecule has 0 aliphatic heterocycles. The molecule has 0 rings (SSSR count). The number of allylic oxidation sites excluding steroid dienone is 2. The van der Waals surface area contributed by atoms with Crippen LogP contribution in [0.25, 0.3) is 0 Å². The molecule has 116 valence electrons. The van der Waals surface area contributed by atoms with Crippen molar-refractivity contribution in [3.05, 3.63) is 11.6 Å². The number of nitriles is 1. The van der Waals surface area contributed by atoms with Crippen LogP contribution < -0.4 is 0 Å². The van der Waals surface area contributed by atoms with Gasteiger partial charge in [-0.2, -0.15) is 31.6 Å². The van der Waals surface area contributed by atoms with E-state index < -0.39 is 51.6 Å². The van der Waals surface area contributed by atoms with E-state index in [1.54, 1.807) is 0 Å². The molecule has 0 heterocycles. The average Bonchev–Trinajstić information content (AvgIpc) is 2.24. The number of halogens is 6. The summed E-state index contributed by atoms with van der Waals surface area (Å²) in [6.07, 6.45) is -11.4. The summed E-state index contributed by atoms with van der Waals surface area (Å²) >= 11 is 0. The van der Waals surface area contributed by atoms with Crippen molar-refractivity contribution < 1.29 is 34.8 Å². The van der Waals surface area contributed by atoms with Gasteiger partial charge in [-0.05, 0) is 13.3 Å². The van der Waals surface area contributed by atoms with Crippen LogP contribution in [0, 0.1) is 11.3 Å². The summed E-state index contributed by atoms with van der Waals surface area (Å²) in [5, 5.41) is 6.66. The van der Waals surface area contributed by atoms with E-state index in [9.17, 15) is 34.8 Å². The van der Waals surface area contributed by atoms with Crippen LogP contribution >= 0.6 is 0 Å². The van der Waals surface area contributed by atoms with Gasteiger partial charge in [0.2, 0.25) is 0 Å². The van der Waals surface area contributed by atoms with Gasteiger partial charge in [0.15, 0.2) is 15.1 Å². The number of sulfone groups is 1. The van der Waals surface area contributed by atoms with E-state index in [1.165, 1.54) is 6.07 Å². The zero-order chi connectivity index (χ0) is 16.2. The van der Waals surface area contributed by atoms with Gasteiger partial charge in [0.1, 0.15) is 0 Å². The van der Waals surface area contributed by atoms with Gasteiger partial charge >= 0.3 is 12.4 Å². The van der Waals surface area contributed by atoms with Crippen molar-refractivity contribution in [3.8, 4) is 6.07 Å². The second kappa shape index (κ2) is 6.47. The number of alkyl halides is 6. The zero-order valence-corrected chi connectivity index (χ0v) is 11.0. The minimum absolute atomic E-state index is 0.485. The first-order valence-corrected chi connectivity index (χ1v) is 6.93. The van der Waals surface area contributed by atoms with E-state index in [0.717, 1.165) is 0 Å². The van der Waals surface area contributed by atoms with Gasteiger partial charge < -0.3 is 0 Å². The van der Waals surface area contributed by atoms with Crippen LogP contribution in [0.4, 0.5) is 26.3 Å². The topological polar surface area (TPSA) is 57.9 Å². The van der Waals surface area contributed by atoms with Crippen LogP contribution in [0.15, 0.2) is 11.6 Å². The lowest BCUT2D eigenvalue weighted by Gasteiger charge is -2.11. The van der Waals surface area contributed by atoms with Crippen LogP contribution in [0.3, 0.4) is 0 Å². The van der Waals surface area contributed by atoms with Gasteiger partial charge in [0.25, 0.3) is 0 Å². The van der Waals surface area contributed by atoms with Crippen molar-refractivity contribution >= 4 is 9.84 Å². The van der Waals surface area contributed by atoms with Crippen LogP contribution in [-0.4, -0.2) is 31.8 Å². The molecule has 3 nitrogen and oxygen atoms in total. The minimum atomic E-state index is -4.72. The molecule has 1 unspecified atom stereocenters. The highest BCUT2D eigenvalue weighted by Gasteiger charge is 2.34. The van der Waals surface area contributed by atoms with E-state index in [2.05, 4.69) is 0 Å². The molecule has 0 bridgehead atoms. The Balaban J connectivity index is 4.90. The zero-order valence-electron chi connectivity index (χ0n) is 10.2. The number of rotatable bonds is 5. The Morgan fingerprint density at radius 2 is 1.75 bits per heavy atom. The lowest BCUT2D eigenvalue weighted by atomic mass is 10.2. The molecule has 0 N–H and O–H groups in total. The summed E-state index contributed by atoms with van der Waals surface area (Å²) in [6.45, 7) is 0.677. The SMILES string of the molecule is C/C(=C\CC(C#N)S(=O)(=O)CCC(F)(F)F)C(F)(F)F. The molecule has 0 aromatic heterocycles. The average molecular weight is 323 g/mol. The van der Waals surface area contributed by atoms with E-state index >= 15 is 0 Å². The molecule has 20 heavy (non-hydrogen) atoms. The summed E-state index contributed by atoms with van der Waals surface area (Å²) in [5.41, 5.74) is -1.11. The third kappa shape index (κ3) is 6.79. The molecular weight excluding hydrogens is 312 g/mol. The molecule has 10 heteroatoms. The van der Waals surface area contributed by atoms with Gasteiger partial charge in [0.05, 0.1) is 18.2 Å². The molecule has 0 amide bonds. The number of hydrogen-bond donors (Lipinski definition) is 0. The smallest absolute Gasteiger partial charge is 0.227 e. The fourth-order valence-corrected chi connectivity index (χ4v) is 2.43. The molecule has 0 saturated heterocycles. The summed E-state index contributed by atoms with van der Waals surface area (Å²) in [5.74, 6) is -1.33. The normalized spacial score (nSPS) is 15.8. The van der Waals surface area contributed by atoms with E-state index in [4.69, 9.17) is 5.26 Å². The molecule has 0 radical (unpaired) electrons. The molecule has 0 aliphatic carbocycles. The lowest BCUT2D eigenvalue weighted by Crippen LogP contribution is -2.25. The molecule has 0 aliphatic rings. The second-order valence-corrected chi connectivity index (χ2v) is 6.27. The first-order chi connectivity index (χ1) is 8.79. The fourth-order valence-electron chi connectivity index (χ4n) is 1.08. The minimum Gasteiger partial charge on any atom is -0.227 e. The van der Waals surface area contributed by atoms with E-state index in [-0.39, 0.29) is 0 Å². The maximum absolute atomic E-state index is 12.2. The molecule has 0 aromatic rings. The number of hydrogen-bond acceptors (Lipinski definition) is 3. The van der Waals surface area contributed by atoms with Crippen LogP contribution in [0.2, 0.25) is 0 Å². The summed E-state index contributed by atoms with van der Waals surface area (Å²) < 4.78 is 95.1. The Kier molecular flexibility index (Phi) is 6.07. The van der Waals surface area contributed by atoms with E-state index in [0.29, 0.717) is 13.0 Å². The van der Waals surface area contributed by atoms with E-state index in [1.807, 2.05) is 0 Å². The van der Waals surface area contributed by atoms with Crippen molar-refractivity contribution in [2.45, 2.75) is 37.4 Å². The van der Waals surface area contributed by atoms with Crippen LogP contribution in [0.1, 0.15) is 19.8 Å². The fraction of sp³-hybridized carbons (Fsp3) is 0.700. The Morgan fingerprint density at radius 3 is 2.10 bits per heavy atom. The second-order valence-electron chi connectivity index (χ2n) is 3.97. The Hall–Kier alpha value is -1.24. The largest absolute Gasteiger partial charge is 0.412 e. The third-order valence-corrected chi connectivity index (χ3v) is 4.27. The first kappa shape index (κ1) is 18.8. The third-order valence-electron chi connectivity index (χ3n) is 2.33. The highest BCUT2D eigenvalue weighted by Crippen LogP contribution is 2.26. The van der Waals surface area contributed by atoms with Gasteiger partial charge in [0, 0.05) is 5.57 Å². The number of nitrogens with zero attached hydrogens (tertiary/aromatic N) is 1. The van der Waals surface area contributed by atoms with Crippen molar-refractivity contribution in [1.82, 2.24) is 0 Å². The van der Waals surface area contributed by atoms with Crippen molar-refractivity contribution in [2.24, 2.45) is 0 Å².